The minimum Gasteiger partial charge on any atom is -0.450 e. The van der Waals surface area contributed by atoms with Crippen molar-refractivity contribution in [3.63, 3.8) is 0 Å². The number of nitrogens with zero attached hydrogens (tertiary/aromatic N) is 2. The summed E-state index contributed by atoms with van der Waals surface area (Å²) in [5, 5.41) is 128. The van der Waals surface area contributed by atoms with Gasteiger partial charge in [-0.2, -0.15) is 0 Å². The van der Waals surface area contributed by atoms with Gasteiger partial charge in [-0.3, -0.25) is 62.3 Å². The van der Waals surface area contributed by atoms with Crippen molar-refractivity contribution in [2.45, 2.75) is 282 Å². The van der Waals surface area contributed by atoms with E-state index in [2.05, 4.69) is 74.4 Å². The second-order valence-electron chi connectivity index (χ2n) is 31.5. The molecule has 6 aliphatic rings. The van der Waals surface area contributed by atoms with Gasteiger partial charge >= 0.3 is 18.3 Å². The fourth-order valence-corrected chi connectivity index (χ4v) is 18.1. The Bertz CT molecular complexity index is 3650. The first-order chi connectivity index (χ1) is 60.5. The maximum atomic E-state index is 14.8. The van der Waals surface area contributed by atoms with Crippen LogP contribution in [0.1, 0.15) is 144 Å². The van der Waals surface area contributed by atoms with Gasteiger partial charge in [0, 0.05) is 53.5 Å². The van der Waals surface area contributed by atoms with E-state index in [1.807, 2.05) is 0 Å². The quantitative estimate of drug-likeness (QED) is 0.0205. The van der Waals surface area contributed by atoms with E-state index >= 15 is 0 Å². The van der Waals surface area contributed by atoms with Crippen LogP contribution in [0.25, 0.3) is 0 Å². The highest BCUT2D eigenvalue weighted by Gasteiger charge is 2.49. The number of amides is 16. The Morgan fingerprint density at radius 2 is 0.701 bits per heavy atom. The first-order valence-electron chi connectivity index (χ1n) is 42.7. The second kappa shape index (κ2) is 55.5. The first-order valence-corrected chi connectivity index (χ1v) is 45.9. The zero-order chi connectivity index (χ0) is 93.6. The Kier molecular flexibility index (Phi) is 46.9. The average molecular weight is 1870 g/mol. The number of aliphatic hydroxyl groups is 9. The molecule has 6 saturated heterocycles. The molecule has 6 heterocycles. The molecular weight excluding hydrogens is 1740 g/mol. The number of fused-ring (bicyclic) bond motifs is 2. The third-order valence-corrected chi connectivity index (χ3v) is 25.2. The van der Waals surface area contributed by atoms with E-state index in [9.17, 15) is 123 Å². The normalized spacial score (nSPS) is 30.6. The third-order valence-electron chi connectivity index (χ3n) is 21.4. The second-order valence-corrected chi connectivity index (χ2v) is 35.1. The van der Waals surface area contributed by atoms with Gasteiger partial charge in [0.25, 0.3) is 0 Å². The third kappa shape index (κ3) is 35.0. The Morgan fingerprint density at radius 3 is 1.03 bits per heavy atom. The lowest BCUT2D eigenvalue weighted by Crippen LogP contribution is -2.63. The monoisotopic (exact) mass is 1870 g/mol. The van der Waals surface area contributed by atoms with Crippen LogP contribution >= 0.6 is 35.3 Å². The molecule has 6 aliphatic heterocycles. The molecular formula is C77H128N16O31S3. The van der Waals surface area contributed by atoms with Gasteiger partial charge in [0.1, 0.15) is 120 Å². The van der Waals surface area contributed by atoms with Crippen molar-refractivity contribution in [3.05, 3.63) is 0 Å². The molecule has 720 valence electrons. The zero-order valence-corrected chi connectivity index (χ0v) is 74.5. The van der Waals surface area contributed by atoms with E-state index in [4.69, 9.17) is 28.4 Å². The Balaban J connectivity index is 1.13. The topological polar surface area (TPSA) is 685 Å². The van der Waals surface area contributed by atoms with Crippen LogP contribution < -0.4 is 74.4 Å². The van der Waals surface area contributed by atoms with Crippen molar-refractivity contribution in [3.8, 4) is 0 Å². The van der Waals surface area contributed by atoms with Crippen LogP contribution in [-0.4, -0.2) is 391 Å². The molecule has 50 heteroatoms. The molecule has 0 spiro atoms. The van der Waals surface area contributed by atoms with Crippen LogP contribution in [-0.2, 0) is 90.8 Å². The maximum Gasteiger partial charge on any atom is 0.407 e. The van der Waals surface area contributed by atoms with E-state index in [0.29, 0.717) is 12.2 Å². The van der Waals surface area contributed by atoms with Crippen molar-refractivity contribution in [1.29, 1.82) is 0 Å². The summed E-state index contributed by atoms with van der Waals surface area (Å²) < 4.78 is 33.1. The van der Waals surface area contributed by atoms with E-state index in [0.717, 1.165) is 35.3 Å². The number of thioether (sulfide) groups is 3. The maximum absolute atomic E-state index is 14.8. The minimum atomic E-state index is -1.48. The Morgan fingerprint density at radius 1 is 0.394 bits per heavy atom. The summed E-state index contributed by atoms with van der Waals surface area (Å²) in [6.07, 6.45) is -12.4. The molecule has 16 amide bonds. The number of carbonyl (C=O) groups excluding carboxylic acids is 16. The Hall–Kier alpha value is -8.51. The largest absolute Gasteiger partial charge is 0.450 e. The molecule has 0 aliphatic carbocycles. The number of hydrogen-bond acceptors (Lipinski definition) is 34. The molecule has 6 rings (SSSR count). The van der Waals surface area contributed by atoms with Crippen LogP contribution in [0.3, 0.4) is 0 Å². The molecule has 0 aromatic rings. The summed E-state index contributed by atoms with van der Waals surface area (Å²) in [6, 6.07) is -13.9. The molecule has 0 bridgehead atoms. The van der Waals surface area contributed by atoms with Crippen LogP contribution in [0.4, 0.5) is 14.4 Å². The number of rotatable bonds is 36. The van der Waals surface area contributed by atoms with Gasteiger partial charge in [0.15, 0.2) is 0 Å². The SMILES string of the molecule is CC(=O)N[C@@H]1[C@@H](O)[C@H](O)[C@@H](CO)O[C@H]1SCCCOC(=O)NCCCC[C@@H]1NC(=O)CNC(=O)[C@@H]2CCCN2C(=O)[C@H](CCCCNC(=O)OCCCS[C@@H]2O[C@H](CO)[C@@H](O)[C@H](O)[C@H]2NC(C)=O)NC(=O)[C@H](C)NC(=O)[C@H](C)NC(=O)CNC(=O)[C@@H]2CCCN2C(=O)[C@H](CCCCNC(=O)OCCCS[C@@H]2O[C@H](CO)[C@@H](O)[C@H](O)[C@H]2NC(C)=O)NC(=O)[C@H](C)NC1=O. The Labute approximate surface area is 746 Å². The van der Waals surface area contributed by atoms with Crippen molar-refractivity contribution >= 4 is 130 Å². The van der Waals surface area contributed by atoms with E-state index in [-0.39, 0.29) is 160 Å². The van der Waals surface area contributed by atoms with Crippen LogP contribution in [0.5, 0.6) is 0 Å². The van der Waals surface area contributed by atoms with Crippen LogP contribution in [0, 0.1) is 0 Å². The van der Waals surface area contributed by atoms with Gasteiger partial charge in [-0.15, -0.1) is 35.3 Å². The molecule has 0 unspecified atom stereocenters. The molecule has 23 N–H and O–H groups in total. The zero-order valence-electron chi connectivity index (χ0n) is 72.0. The van der Waals surface area contributed by atoms with Crippen LogP contribution in [0.15, 0.2) is 0 Å². The van der Waals surface area contributed by atoms with Crippen molar-refractivity contribution in [2.24, 2.45) is 0 Å². The summed E-state index contributed by atoms with van der Waals surface area (Å²) in [5.74, 6) is -9.03. The average Bonchev–Trinajstić information content (AvgIpc) is 1.77. The number of ether oxygens (including phenoxy) is 6. The van der Waals surface area contributed by atoms with Crippen LogP contribution in [0.2, 0.25) is 0 Å². The van der Waals surface area contributed by atoms with Gasteiger partial charge in [0.05, 0.1) is 70.9 Å². The van der Waals surface area contributed by atoms with Crippen molar-refractivity contribution < 1.29 is 151 Å². The fraction of sp³-hybridized carbons (Fsp3) is 0.792. The number of unbranched alkanes of at least 4 members (excludes halogenated alkanes) is 3. The highest BCUT2D eigenvalue weighted by atomic mass is 32.2. The van der Waals surface area contributed by atoms with Gasteiger partial charge < -0.3 is 159 Å². The number of carbonyl (C=O) groups is 16. The molecule has 0 saturated carbocycles. The molecule has 0 aromatic heterocycles. The van der Waals surface area contributed by atoms with Gasteiger partial charge in [-0.1, -0.05) is 0 Å². The fourth-order valence-electron chi connectivity index (χ4n) is 14.6. The lowest BCUT2D eigenvalue weighted by Gasteiger charge is -2.42. The molecule has 47 nitrogen and oxygen atoms in total. The van der Waals surface area contributed by atoms with Crippen molar-refractivity contribution in [2.75, 3.05) is 103 Å². The van der Waals surface area contributed by atoms with Gasteiger partial charge in [-0.05, 0) is 141 Å². The predicted octanol–water partition coefficient (Wildman–Crippen LogP) is -7.93. The minimum absolute atomic E-state index is 0.00123. The number of nitrogens with one attached hydrogen (secondary N) is 14. The van der Waals surface area contributed by atoms with E-state index in [1.165, 1.54) is 51.3 Å². The first kappa shape index (κ1) is 107. The van der Waals surface area contributed by atoms with Gasteiger partial charge in [-0.25, -0.2) is 14.4 Å². The molecule has 127 heavy (non-hydrogen) atoms. The summed E-state index contributed by atoms with van der Waals surface area (Å²) in [6.45, 7) is 4.00. The molecule has 6 fully saturated rings. The van der Waals surface area contributed by atoms with E-state index in [1.54, 1.807) is 0 Å². The summed E-state index contributed by atoms with van der Waals surface area (Å²) >= 11 is 3.44. The number of hydrogen-bond donors (Lipinski definition) is 23. The highest BCUT2D eigenvalue weighted by molar-refractivity contribution is 8.00. The highest BCUT2D eigenvalue weighted by Crippen LogP contribution is 2.33. The number of alkyl carbamates (subject to hydrolysis) is 3. The summed E-state index contributed by atoms with van der Waals surface area (Å²) in [7, 11) is 0. The number of aliphatic hydroxyl groups excluding tert-OH is 9. The van der Waals surface area contributed by atoms with Gasteiger partial charge in [0.2, 0.25) is 76.8 Å². The molecule has 23 atom stereocenters. The molecule has 0 aromatic carbocycles. The molecule has 0 radical (unpaired) electrons. The predicted molar refractivity (Wildman–Crippen MR) is 451 cm³/mol. The summed E-state index contributed by atoms with van der Waals surface area (Å²) in [4.78, 5) is 218. The van der Waals surface area contributed by atoms with Crippen molar-refractivity contribution in [1.82, 2.24) is 84.2 Å². The summed E-state index contributed by atoms with van der Waals surface area (Å²) in [5.41, 5.74) is -2.62. The smallest absolute Gasteiger partial charge is 0.407 e. The lowest BCUT2D eigenvalue weighted by molar-refractivity contribution is -0.173. The standard InChI is InChI=1S/C77H128N16O31S3/c1-39-64(108)84-40(2)65(109)90-46(19-8-11-24-79-76(117)120-29-16-32-126-73-56(87-43(5)98)62(106)59(103)51(37-95)123-73)70(114)93-27-14-22-49(93)69(113)82-35-54(101)89-45(18-7-10-23-78-75(116)119-28-15-31-125-72-55(86-42(4)97)61(105)58(102)50(36-94)122-72)67(111)85-41(3)66(110)91-47(71(115)92-26-13-21-48(92)68(112)81-34-53(100)83-39)20-9-12-25-80-77(118)121-30-17-33-127-74-57(88-44(6)99)63(107)60(104)52(38-96)124-74/h39-41,45-52,55-63,72-74,94-96,102-107H,7-38H2,1-6H3,(H,78,116)(H,79,117)(H,80,118)(H,81,112)(H,82,113)(H,83,100)(H,84,108)(H,85,111)(H,86,97)(H,87,98)(H,88,99)(H,89,101)(H,90,109)(H,91,110)/t39-,40-,41-,45-,46-,47-,48-,49-,50+,51+,52+,55+,56+,57+,58+,59+,60+,61+,62+,63+,72-,73-,74-/m0/s1. The lowest BCUT2D eigenvalue weighted by atomic mass is 9.98. The van der Waals surface area contributed by atoms with E-state index < -0.39 is 266 Å².